The van der Waals surface area contributed by atoms with Gasteiger partial charge < -0.3 is 14.6 Å². The van der Waals surface area contributed by atoms with E-state index in [1.54, 1.807) is 29.8 Å². The Hall–Kier alpha value is -2.65. The van der Waals surface area contributed by atoms with Gasteiger partial charge in [-0.25, -0.2) is 22.5 Å². The molecular formula is C17H19FN4O3S. The van der Waals surface area contributed by atoms with E-state index in [4.69, 9.17) is 4.74 Å². The van der Waals surface area contributed by atoms with Gasteiger partial charge in [-0.05, 0) is 42.5 Å². The van der Waals surface area contributed by atoms with Gasteiger partial charge in [0.05, 0.1) is 23.0 Å². The Labute approximate surface area is 150 Å². The van der Waals surface area contributed by atoms with Crippen molar-refractivity contribution in [1.82, 2.24) is 14.3 Å². The quantitative estimate of drug-likeness (QED) is 0.615. The normalized spacial score (nSPS) is 11.7. The van der Waals surface area contributed by atoms with Crippen molar-refractivity contribution in [2.24, 2.45) is 7.05 Å². The maximum absolute atomic E-state index is 13.3. The van der Waals surface area contributed by atoms with Gasteiger partial charge in [-0.3, -0.25) is 0 Å². The highest BCUT2D eigenvalue weighted by atomic mass is 32.2. The molecule has 0 aliphatic heterocycles. The first-order valence-corrected chi connectivity index (χ1v) is 9.38. The molecule has 0 aliphatic rings. The Morgan fingerprint density at radius 2 is 1.88 bits per heavy atom. The molecule has 7 nitrogen and oxygen atoms in total. The first-order valence-electron chi connectivity index (χ1n) is 7.90. The Morgan fingerprint density at radius 1 is 1.15 bits per heavy atom. The molecule has 2 N–H and O–H groups in total. The molecule has 9 heteroatoms. The van der Waals surface area contributed by atoms with Gasteiger partial charge in [-0.1, -0.05) is 0 Å². The first-order chi connectivity index (χ1) is 12.4. The largest absolute Gasteiger partial charge is 0.497 e. The van der Waals surface area contributed by atoms with E-state index in [2.05, 4.69) is 15.0 Å². The Bertz CT molecular complexity index is 1020. The van der Waals surface area contributed by atoms with Gasteiger partial charge in [-0.15, -0.1) is 0 Å². The molecule has 1 heterocycles. The molecule has 0 amide bonds. The van der Waals surface area contributed by atoms with Crippen molar-refractivity contribution < 1.29 is 17.5 Å². The second-order valence-corrected chi connectivity index (χ2v) is 7.39. The predicted octanol–water partition coefficient (Wildman–Crippen LogP) is 2.11. The van der Waals surface area contributed by atoms with Crippen molar-refractivity contribution >= 4 is 27.0 Å². The molecule has 26 heavy (non-hydrogen) atoms. The first kappa shape index (κ1) is 18.2. The lowest BCUT2D eigenvalue weighted by Crippen LogP contribution is -2.29. The minimum absolute atomic E-state index is 0.163. The second-order valence-electron chi connectivity index (χ2n) is 5.63. The van der Waals surface area contributed by atoms with Crippen molar-refractivity contribution in [2.45, 2.75) is 4.90 Å². The molecule has 0 fully saturated rings. The predicted molar refractivity (Wildman–Crippen MR) is 97.3 cm³/mol. The fraction of sp³-hybridized carbons (Fsp3) is 0.235. The van der Waals surface area contributed by atoms with Crippen LogP contribution in [0.5, 0.6) is 5.75 Å². The van der Waals surface area contributed by atoms with Gasteiger partial charge in [0.1, 0.15) is 11.6 Å². The molecular weight excluding hydrogens is 359 g/mol. The number of hydrogen-bond acceptors (Lipinski definition) is 5. The van der Waals surface area contributed by atoms with Crippen LogP contribution < -0.4 is 14.8 Å². The molecule has 138 valence electrons. The van der Waals surface area contributed by atoms with Gasteiger partial charge in [-0.2, -0.15) is 0 Å². The minimum atomic E-state index is -3.60. The SMILES string of the molecule is COc1ccc(S(=O)(=O)NCCNc2nc3ccc(F)cc3n2C)cc1. The van der Waals surface area contributed by atoms with Crippen LogP contribution in [0.3, 0.4) is 0 Å². The molecule has 0 saturated heterocycles. The van der Waals surface area contributed by atoms with E-state index in [-0.39, 0.29) is 17.3 Å². The molecule has 0 saturated carbocycles. The number of methoxy groups -OCH3 is 1. The number of aryl methyl sites for hydroxylation is 1. The summed E-state index contributed by atoms with van der Waals surface area (Å²) in [5.41, 5.74) is 1.32. The number of nitrogens with one attached hydrogen (secondary N) is 2. The summed E-state index contributed by atoms with van der Waals surface area (Å²) in [5.74, 6) is 0.789. The van der Waals surface area contributed by atoms with E-state index in [1.165, 1.54) is 31.4 Å². The van der Waals surface area contributed by atoms with E-state index >= 15 is 0 Å². The summed E-state index contributed by atoms with van der Waals surface area (Å²) < 4.78 is 47.1. The number of fused-ring (bicyclic) bond motifs is 1. The molecule has 1 aromatic heterocycles. The third-order valence-corrected chi connectivity index (χ3v) is 5.39. The lowest BCUT2D eigenvalue weighted by Gasteiger charge is -2.09. The van der Waals surface area contributed by atoms with Crippen molar-refractivity contribution in [2.75, 3.05) is 25.5 Å². The van der Waals surface area contributed by atoms with Crippen molar-refractivity contribution in [3.05, 3.63) is 48.3 Å². The summed E-state index contributed by atoms with van der Waals surface area (Å²) in [6.45, 7) is 0.501. The smallest absolute Gasteiger partial charge is 0.240 e. The van der Waals surface area contributed by atoms with Crippen LogP contribution >= 0.6 is 0 Å². The number of hydrogen-bond donors (Lipinski definition) is 2. The van der Waals surface area contributed by atoms with E-state index < -0.39 is 10.0 Å². The van der Waals surface area contributed by atoms with Crippen LogP contribution in [-0.2, 0) is 17.1 Å². The number of halogens is 1. The van der Waals surface area contributed by atoms with Gasteiger partial charge in [0.2, 0.25) is 16.0 Å². The fourth-order valence-corrected chi connectivity index (χ4v) is 3.55. The number of rotatable bonds is 7. The zero-order valence-corrected chi connectivity index (χ0v) is 15.2. The molecule has 0 aliphatic carbocycles. The molecule has 0 unspecified atom stereocenters. The Morgan fingerprint density at radius 3 is 2.58 bits per heavy atom. The van der Waals surface area contributed by atoms with E-state index in [0.29, 0.717) is 29.3 Å². The number of aromatic nitrogens is 2. The maximum atomic E-state index is 13.3. The highest BCUT2D eigenvalue weighted by Crippen LogP contribution is 2.19. The van der Waals surface area contributed by atoms with Crippen LogP contribution in [0, 0.1) is 5.82 Å². The third kappa shape index (κ3) is 3.78. The monoisotopic (exact) mass is 378 g/mol. The summed E-state index contributed by atoms with van der Waals surface area (Å²) in [6.07, 6.45) is 0. The maximum Gasteiger partial charge on any atom is 0.240 e. The summed E-state index contributed by atoms with van der Waals surface area (Å²) in [6, 6.07) is 10.5. The average Bonchev–Trinajstić information content (AvgIpc) is 2.94. The molecule has 3 rings (SSSR count). The molecule has 2 aromatic carbocycles. The summed E-state index contributed by atoms with van der Waals surface area (Å²) in [4.78, 5) is 4.52. The zero-order chi connectivity index (χ0) is 18.7. The zero-order valence-electron chi connectivity index (χ0n) is 14.4. The Kier molecular flexibility index (Phi) is 5.10. The summed E-state index contributed by atoms with van der Waals surface area (Å²) in [7, 11) is -0.323. The molecule has 3 aromatic rings. The number of nitrogens with zero attached hydrogens (tertiary/aromatic N) is 2. The van der Waals surface area contributed by atoms with E-state index in [0.717, 1.165) is 0 Å². The van der Waals surface area contributed by atoms with Crippen LogP contribution in [0.15, 0.2) is 47.4 Å². The second kappa shape index (κ2) is 7.30. The molecule has 0 bridgehead atoms. The highest BCUT2D eigenvalue weighted by molar-refractivity contribution is 7.89. The number of imidazole rings is 1. The fourth-order valence-electron chi connectivity index (χ4n) is 2.52. The molecule has 0 atom stereocenters. The lowest BCUT2D eigenvalue weighted by molar-refractivity contribution is 0.414. The van der Waals surface area contributed by atoms with E-state index in [1.807, 2.05) is 0 Å². The van der Waals surface area contributed by atoms with Gasteiger partial charge in [0, 0.05) is 20.1 Å². The van der Waals surface area contributed by atoms with Crippen molar-refractivity contribution in [3.8, 4) is 5.75 Å². The van der Waals surface area contributed by atoms with Crippen LogP contribution in [0.2, 0.25) is 0 Å². The van der Waals surface area contributed by atoms with Gasteiger partial charge in [0.15, 0.2) is 0 Å². The highest BCUT2D eigenvalue weighted by Gasteiger charge is 2.13. The van der Waals surface area contributed by atoms with Gasteiger partial charge in [0.25, 0.3) is 0 Å². The number of ether oxygens (including phenoxy) is 1. The van der Waals surface area contributed by atoms with Crippen molar-refractivity contribution in [1.29, 1.82) is 0 Å². The lowest BCUT2D eigenvalue weighted by atomic mass is 10.3. The van der Waals surface area contributed by atoms with E-state index in [9.17, 15) is 12.8 Å². The van der Waals surface area contributed by atoms with Crippen LogP contribution in [0.4, 0.5) is 10.3 Å². The average molecular weight is 378 g/mol. The number of benzene rings is 2. The van der Waals surface area contributed by atoms with Crippen LogP contribution in [-0.4, -0.2) is 38.2 Å². The Balaban J connectivity index is 1.60. The summed E-state index contributed by atoms with van der Waals surface area (Å²) in [5, 5.41) is 3.05. The number of sulfonamides is 1. The third-order valence-electron chi connectivity index (χ3n) is 3.91. The minimum Gasteiger partial charge on any atom is -0.497 e. The standard InChI is InChI=1S/C17H19FN4O3S/c1-22-16-11-12(18)3-8-15(16)21-17(22)19-9-10-20-26(23,24)14-6-4-13(25-2)5-7-14/h3-8,11,20H,9-10H2,1-2H3,(H,19,21). The summed E-state index contributed by atoms with van der Waals surface area (Å²) >= 11 is 0. The van der Waals surface area contributed by atoms with Crippen molar-refractivity contribution in [3.63, 3.8) is 0 Å². The van der Waals surface area contributed by atoms with Crippen LogP contribution in [0.1, 0.15) is 0 Å². The van der Waals surface area contributed by atoms with Gasteiger partial charge >= 0.3 is 0 Å². The topological polar surface area (TPSA) is 85.2 Å². The molecule has 0 radical (unpaired) electrons. The molecule has 0 spiro atoms. The van der Waals surface area contributed by atoms with Crippen LogP contribution in [0.25, 0.3) is 11.0 Å². The number of anilines is 1.